The first-order valence-corrected chi connectivity index (χ1v) is 12.0. The van der Waals surface area contributed by atoms with Gasteiger partial charge >= 0.3 is 0 Å². The molecule has 4 heterocycles. The lowest BCUT2D eigenvalue weighted by Gasteiger charge is -2.35. The molecule has 182 valence electrons. The number of aromatic nitrogens is 4. The highest BCUT2D eigenvalue weighted by Crippen LogP contribution is 2.25. The number of anilines is 2. The summed E-state index contributed by atoms with van der Waals surface area (Å²) in [6.45, 7) is 6.15. The zero-order valence-electron chi connectivity index (χ0n) is 21.1. The van der Waals surface area contributed by atoms with E-state index in [1.54, 1.807) is 0 Å². The van der Waals surface area contributed by atoms with Crippen LogP contribution in [0.5, 0.6) is 0 Å². The van der Waals surface area contributed by atoms with Crippen LogP contribution in [-0.2, 0) is 7.05 Å². The zero-order valence-corrected chi connectivity index (χ0v) is 21.1. The number of rotatable bonds is 5. The van der Waals surface area contributed by atoms with Crippen LogP contribution in [0.25, 0.3) is 28.1 Å². The van der Waals surface area contributed by atoms with Gasteiger partial charge in [-0.1, -0.05) is 24.8 Å². The summed E-state index contributed by atoms with van der Waals surface area (Å²) in [6.07, 6.45) is 11.7. The van der Waals surface area contributed by atoms with Crippen LogP contribution in [0.15, 0.2) is 67.9 Å². The van der Waals surface area contributed by atoms with Crippen LogP contribution < -0.4 is 10.2 Å². The fourth-order valence-corrected chi connectivity index (χ4v) is 4.40. The molecule has 0 bridgehead atoms. The van der Waals surface area contributed by atoms with Crippen molar-refractivity contribution < 1.29 is 0 Å². The molecule has 1 aliphatic heterocycles. The summed E-state index contributed by atoms with van der Waals surface area (Å²) in [4.78, 5) is 17.6. The predicted octanol–water partition coefficient (Wildman–Crippen LogP) is 4.93. The van der Waals surface area contributed by atoms with Crippen molar-refractivity contribution in [1.82, 2.24) is 24.4 Å². The van der Waals surface area contributed by atoms with E-state index in [0.29, 0.717) is 6.04 Å². The van der Waals surface area contributed by atoms with Crippen LogP contribution in [0.3, 0.4) is 0 Å². The molecule has 5 rings (SSSR count). The number of nitrogens with zero attached hydrogens (tertiary/aromatic N) is 6. The molecule has 0 unspecified atom stereocenters. The Hall–Kier alpha value is -3.71. The highest BCUT2D eigenvalue weighted by Gasteiger charge is 2.21. The number of imidazole rings is 1. The maximum absolute atomic E-state index is 4.45. The molecule has 0 saturated carbocycles. The lowest BCUT2D eigenvalue weighted by atomic mass is 10.0. The highest BCUT2D eigenvalue weighted by molar-refractivity contribution is 5.88. The van der Waals surface area contributed by atoms with E-state index >= 15 is 0 Å². The van der Waals surface area contributed by atoms with Crippen LogP contribution >= 0.6 is 0 Å². The number of benzene rings is 1. The third-order valence-corrected chi connectivity index (χ3v) is 6.69. The molecule has 0 spiro atoms. The first-order valence-electron chi connectivity index (χ1n) is 12.0. The lowest BCUT2D eigenvalue weighted by Crippen LogP contribution is -2.42. The molecule has 3 aromatic heterocycles. The second kappa shape index (κ2) is 11.1. The van der Waals surface area contributed by atoms with Gasteiger partial charge in [0.2, 0.25) is 0 Å². The zero-order chi connectivity index (χ0) is 24.8. The van der Waals surface area contributed by atoms with Crippen molar-refractivity contribution in [3.8, 4) is 11.3 Å². The number of fused-ring (bicyclic) bond motifs is 1. The molecule has 0 radical (unpaired) electrons. The number of piperidine rings is 1. The number of hydrogen-bond donors (Lipinski definition) is 1. The fourth-order valence-electron chi connectivity index (χ4n) is 4.40. The smallest absolute Gasteiger partial charge is 0.129 e. The average molecular weight is 470 g/mol. The molecule has 1 aliphatic rings. The van der Waals surface area contributed by atoms with Crippen LogP contribution in [0.1, 0.15) is 18.4 Å². The first-order chi connectivity index (χ1) is 17.0. The highest BCUT2D eigenvalue weighted by atomic mass is 15.2. The molecule has 1 aromatic carbocycles. The average Bonchev–Trinajstić information content (AvgIpc) is 3.34. The van der Waals surface area contributed by atoms with Gasteiger partial charge in [0.15, 0.2) is 0 Å². The minimum atomic E-state index is 0.610. The van der Waals surface area contributed by atoms with Crippen molar-refractivity contribution in [3.63, 3.8) is 0 Å². The lowest BCUT2D eigenvalue weighted by molar-refractivity contribution is 0.252. The van der Waals surface area contributed by atoms with Crippen molar-refractivity contribution in [3.05, 3.63) is 73.5 Å². The van der Waals surface area contributed by atoms with Crippen LogP contribution in [-0.4, -0.2) is 64.7 Å². The molecule has 7 nitrogen and oxygen atoms in total. The molecule has 1 N–H and O–H groups in total. The van der Waals surface area contributed by atoms with Crippen LogP contribution in [0, 0.1) is 0 Å². The van der Waals surface area contributed by atoms with Crippen molar-refractivity contribution in [1.29, 1.82) is 0 Å². The van der Waals surface area contributed by atoms with E-state index in [9.17, 15) is 0 Å². The summed E-state index contributed by atoms with van der Waals surface area (Å²) in [5, 5.41) is 5.37. The summed E-state index contributed by atoms with van der Waals surface area (Å²) in [7, 11) is 8.20. The maximum Gasteiger partial charge on any atom is 0.129 e. The van der Waals surface area contributed by atoms with Gasteiger partial charge in [-0.2, -0.15) is 0 Å². The molecule has 7 heteroatoms. The summed E-state index contributed by atoms with van der Waals surface area (Å²) in [6, 6.07) is 13.1. The standard InChI is InChI=1S/C14H14N4.C14H21N3/c1-15-14-6-12-5-10(3-4-11(12)7-17-14)13-8-16-9-18(13)2;1-4-12-5-8-15-14(11-12)17(3)13-6-9-16(2)10-7-13/h3-9H,1-2H3,(H,15,17);4-5,8,11,13H,1,6-7,9-10H2,2-3H3. The van der Waals surface area contributed by atoms with Gasteiger partial charge in [-0.25, -0.2) is 15.0 Å². The van der Waals surface area contributed by atoms with Crippen molar-refractivity contribution in [2.24, 2.45) is 7.05 Å². The quantitative estimate of drug-likeness (QED) is 0.447. The van der Waals surface area contributed by atoms with E-state index in [1.165, 1.54) is 31.3 Å². The van der Waals surface area contributed by atoms with Gasteiger partial charge in [-0.15, -0.1) is 0 Å². The van der Waals surface area contributed by atoms with Crippen molar-refractivity contribution in [2.45, 2.75) is 18.9 Å². The summed E-state index contributed by atoms with van der Waals surface area (Å²) in [5.41, 5.74) is 3.41. The van der Waals surface area contributed by atoms with E-state index in [4.69, 9.17) is 0 Å². The van der Waals surface area contributed by atoms with Gasteiger partial charge < -0.3 is 19.7 Å². The Bertz CT molecular complexity index is 1270. The van der Waals surface area contributed by atoms with E-state index in [2.05, 4.69) is 81.1 Å². The predicted molar refractivity (Wildman–Crippen MR) is 147 cm³/mol. The molecule has 35 heavy (non-hydrogen) atoms. The number of pyridine rings is 2. The normalized spacial score (nSPS) is 14.3. The number of aryl methyl sites for hydroxylation is 1. The van der Waals surface area contributed by atoms with Gasteiger partial charge in [-0.3, -0.25) is 0 Å². The third kappa shape index (κ3) is 5.87. The van der Waals surface area contributed by atoms with Gasteiger partial charge in [0.1, 0.15) is 11.6 Å². The Balaban J connectivity index is 0.000000165. The van der Waals surface area contributed by atoms with Crippen molar-refractivity contribution in [2.75, 3.05) is 44.4 Å². The van der Waals surface area contributed by atoms with Crippen LogP contribution in [0.2, 0.25) is 0 Å². The molecule has 4 aromatic rings. The molecule has 0 aliphatic carbocycles. The maximum atomic E-state index is 4.45. The van der Waals surface area contributed by atoms with Gasteiger partial charge in [0.25, 0.3) is 0 Å². The summed E-state index contributed by atoms with van der Waals surface area (Å²) in [5.74, 6) is 1.93. The Morgan fingerprint density at radius 1 is 1.03 bits per heavy atom. The van der Waals surface area contributed by atoms with E-state index in [1.807, 2.05) is 55.7 Å². The van der Waals surface area contributed by atoms with Crippen molar-refractivity contribution >= 4 is 28.5 Å². The molecule has 1 saturated heterocycles. The van der Waals surface area contributed by atoms with Gasteiger partial charge in [0.05, 0.1) is 18.2 Å². The van der Waals surface area contributed by atoms with E-state index in [-0.39, 0.29) is 0 Å². The molecule has 0 atom stereocenters. The molecular formula is C28H35N7. The Kier molecular flexibility index (Phi) is 7.77. The van der Waals surface area contributed by atoms with Gasteiger partial charge in [-0.05, 0) is 68.2 Å². The number of hydrogen-bond acceptors (Lipinski definition) is 6. The second-order valence-corrected chi connectivity index (χ2v) is 9.07. The van der Waals surface area contributed by atoms with E-state index in [0.717, 1.165) is 33.8 Å². The monoisotopic (exact) mass is 469 g/mol. The fraction of sp³-hybridized carbons (Fsp3) is 0.321. The van der Waals surface area contributed by atoms with E-state index < -0.39 is 0 Å². The minimum Gasteiger partial charge on any atom is -0.373 e. The molecule has 0 amide bonds. The van der Waals surface area contributed by atoms with Crippen LogP contribution in [0.4, 0.5) is 11.6 Å². The molecular weight excluding hydrogens is 434 g/mol. The second-order valence-electron chi connectivity index (χ2n) is 9.07. The minimum absolute atomic E-state index is 0.610. The summed E-state index contributed by atoms with van der Waals surface area (Å²) >= 11 is 0. The summed E-state index contributed by atoms with van der Waals surface area (Å²) < 4.78 is 2.02. The largest absolute Gasteiger partial charge is 0.373 e. The van der Waals surface area contributed by atoms with Gasteiger partial charge in [0, 0.05) is 50.5 Å². The topological polar surface area (TPSA) is 62.1 Å². The first kappa shape index (κ1) is 24.4. The Morgan fingerprint density at radius 3 is 2.51 bits per heavy atom. The third-order valence-electron chi connectivity index (χ3n) is 6.69. The number of nitrogens with one attached hydrogen (secondary N) is 1. The number of likely N-dealkylation sites (tertiary alicyclic amines) is 1. The molecule has 1 fully saturated rings. The Morgan fingerprint density at radius 2 is 1.83 bits per heavy atom. The SMILES string of the molecule is C=Cc1ccnc(N(C)C2CCN(C)CC2)c1.CNc1cc2cc(-c3cncn3C)ccc2cn1. The Labute approximate surface area is 208 Å².